The lowest BCUT2D eigenvalue weighted by Gasteiger charge is -2.08. The molecule has 19 heavy (non-hydrogen) atoms. The summed E-state index contributed by atoms with van der Waals surface area (Å²) in [5.41, 5.74) is 2.14. The molecule has 0 unspecified atom stereocenters. The summed E-state index contributed by atoms with van der Waals surface area (Å²) < 4.78 is 0. The molecule has 0 bridgehead atoms. The first-order valence-electron chi connectivity index (χ1n) is 5.75. The first kappa shape index (κ1) is 13.8. The molecule has 0 spiro atoms. The fourth-order valence-electron chi connectivity index (χ4n) is 1.48. The van der Waals surface area contributed by atoms with E-state index >= 15 is 0 Å². The van der Waals surface area contributed by atoms with E-state index in [1.807, 2.05) is 6.92 Å². The van der Waals surface area contributed by atoms with Gasteiger partial charge in [-0.05, 0) is 13.0 Å². The van der Waals surface area contributed by atoms with Gasteiger partial charge < -0.3 is 10.6 Å². The summed E-state index contributed by atoms with van der Waals surface area (Å²) in [6, 6.07) is 1.65. The third kappa shape index (κ3) is 3.65. The second-order valence-electron chi connectivity index (χ2n) is 3.73. The number of halogens is 1. The molecule has 0 saturated carbocycles. The first-order valence-corrected chi connectivity index (χ1v) is 7.01. The molecular weight excluding hydrogens is 284 g/mol. The van der Waals surface area contributed by atoms with Gasteiger partial charge in [-0.25, -0.2) is 4.98 Å². The number of carbonyl (C=O) groups is 1. The van der Waals surface area contributed by atoms with Crippen molar-refractivity contribution in [1.82, 2.24) is 15.3 Å². The van der Waals surface area contributed by atoms with Crippen LogP contribution in [0.3, 0.4) is 0 Å². The molecule has 0 saturated heterocycles. The van der Waals surface area contributed by atoms with E-state index in [-0.39, 0.29) is 5.91 Å². The molecule has 100 valence electrons. The molecule has 0 aliphatic heterocycles. The van der Waals surface area contributed by atoms with Crippen molar-refractivity contribution in [1.29, 1.82) is 0 Å². The highest BCUT2D eigenvalue weighted by Crippen LogP contribution is 2.18. The largest absolute Gasteiger partial charge is 0.370 e. The molecule has 2 aromatic rings. The summed E-state index contributed by atoms with van der Waals surface area (Å²) in [7, 11) is 0. The number of amides is 1. The highest BCUT2D eigenvalue weighted by Gasteiger charge is 2.12. The number of hydrogen-bond acceptors (Lipinski definition) is 5. The molecule has 0 aliphatic rings. The number of aromatic nitrogens is 2. The van der Waals surface area contributed by atoms with E-state index in [2.05, 4.69) is 20.6 Å². The van der Waals surface area contributed by atoms with Crippen molar-refractivity contribution in [2.24, 2.45) is 0 Å². The van der Waals surface area contributed by atoms with Crippen molar-refractivity contribution in [2.45, 2.75) is 13.5 Å². The predicted octanol–water partition coefficient (Wildman–Crippen LogP) is 2.55. The van der Waals surface area contributed by atoms with Crippen LogP contribution in [-0.2, 0) is 6.54 Å². The molecule has 0 radical (unpaired) electrons. The van der Waals surface area contributed by atoms with Crippen LogP contribution in [0.4, 0.5) is 5.82 Å². The lowest BCUT2D eigenvalue weighted by Crippen LogP contribution is -2.23. The van der Waals surface area contributed by atoms with E-state index < -0.39 is 0 Å². The number of hydrogen-bond donors (Lipinski definition) is 2. The van der Waals surface area contributed by atoms with Gasteiger partial charge in [-0.1, -0.05) is 11.6 Å². The highest BCUT2D eigenvalue weighted by atomic mass is 35.5. The lowest BCUT2D eigenvalue weighted by molar-refractivity contribution is 0.0951. The zero-order valence-electron chi connectivity index (χ0n) is 10.3. The van der Waals surface area contributed by atoms with Crippen LogP contribution in [0.15, 0.2) is 24.0 Å². The van der Waals surface area contributed by atoms with Crippen LogP contribution in [0.25, 0.3) is 0 Å². The molecule has 0 aliphatic carbocycles. The van der Waals surface area contributed by atoms with Gasteiger partial charge >= 0.3 is 0 Å². The van der Waals surface area contributed by atoms with Crippen molar-refractivity contribution >= 4 is 34.7 Å². The molecule has 5 nitrogen and oxygen atoms in total. The number of nitrogens with one attached hydrogen (secondary N) is 2. The SMILES string of the molecule is CCNc1cc(C(=O)NCc2cncs2)c(Cl)cn1. The van der Waals surface area contributed by atoms with Crippen molar-refractivity contribution in [3.05, 3.63) is 39.4 Å². The number of rotatable bonds is 5. The van der Waals surface area contributed by atoms with Gasteiger partial charge in [0.05, 0.1) is 22.6 Å². The van der Waals surface area contributed by atoms with E-state index in [4.69, 9.17) is 11.6 Å². The smallest absolute Gasteiger partial charge is 0.253 e. The molecule has 2 N–H and O–H groups in total. The Hall–Kier alpha value is -1.66. The third-order valence-electron chi connectivity index (χ3n) is 2.36. The summed E-state index contributed by atoms with van der Waals surface area (Å²) >= 11 is 7.48. The molecule has 0 fully saturated rings. The molecule has 0 aromatic carbocycles. The molecule has 7 heteroatoms. The van der Waals surface area contributed by atoms with Crippen LogP contribution in [0.1, 0.15) is 22.2 Å². The van der Waals surface area contributed by atoms with Gasteiger partial charge in [-0.3, -0.25) is 9.78 Å². The first-order chi connectivity index (χ1) is 9.20. The Morgan fingerprint density at radius 2 is 2.32 bits per heavy atom. The van der Waals surface area contributed by atoms with Crippen molar-refractivity contribution in [3.63, 3.8) is 0 Å². The van der Waals surface area contributed by atoms with Crippen LogP contribution >= 0.6 is 22.9 Å². The third-order valence-corrected chi connectivity index (χ3v) is 3.45. The highest BCUT2D eigenvalue weighted by molar-refractivity contribution is 7.09. The molecule has 1 amide bonds. The van der Waals surface area contributed by atoms with E-state index in [1.54, 1.807) is 17.8 Å². The van der Waals surface area contributed by atoms with Gasteiger partial charge in [0.1, 0.15) is 5.82 Å². The fourth-order valence-corrected chi connectivity index (χ4v) is 2.21. The zero-order chi connectivity index (χ0) is 13.7. The number of anilines is 1. The molecule has 0 atom stereocenters. The Labute approximate surface area is 120 Å². The number of carbonyl (C=O) groups excluding carboxylic acids is 1. The van der Waals surface area contributed by atoms with Gasteiger partial charge in [0.25, 0.3) is 5.91 Å². The Morgan fingerprint density at radius 1 is 1.47 bits per heavy atom. The van der Waals surface area contributed by atoms with E-state index in [1.165, 1.54) is 17.5 Å². The number of nitrogens with zero attached hydrogens (tertiary/aromatic N) is 2. The maximum absolute atomic E-state index is 12.1. The Bertz CT molecular complexity index is 559. The maximum atomic E-state index is 12.1. The molecule has 2 rings (SSSR count). The Kier molecular flexibility index (Phi) is 4.70. The quantitative estimate of drug-likeness (QED) is 0.890. The second-order valence-corrected chi connectivity index (χ2v) is 5.11. The van der Waals surface area contributed by atoms with Crippen LogP contribution in [-0.4, -0.2) is 22.4 Å². The van der Waals surface area contributed by atoms with Gasteiger partial charge in [-0.2, -0.15) is 0 Å². The minimum atomic E-state index is -0.222. The number of thiazole rings is 1. The van der Waals surface area contributed by atoms with Crippen LogP contribution in [0, 0.1) is 0 Å². The van der Waals surface area contributed by atoms with Gasteiger partial charge in [0.2, 0.25) is 0 Å². The summed E-state index contributed by atoms with van der Waals surface area (Å²) in [6.07, 6.45) is 3.20. The van der Waals surface area contributed by atoms with Crippen LogP contribution in [0.5, 0.6) is 0 Å². The average molecular weight is 297 g/mol. The van der Waals surface area contributed by atoms with Gasteiger partial charge in [0, 0.05) is 23.8 Å². The Morgan fingerprint density at radius 3 is 3.00 bits per heavy atom. The standard InChI is InChI=1S/C12H13ClN4OS/c1-2-15-11-3-9(10(13)6-16-11)12(18)17-5-8-4-14-7-19-8/h3-4,6-7H,2,5H2,1H3,(H,15,16)(H,17,18). The summed E-state index contributed by atoms with van der Waals surface area (Å²) in [4.78, 5) is 21.1. The Balaban J connectivity index is 2.07. The summed E-state index contributed by atoms with van der Waals surface area (Å²) in [5.74, 6) is 0.412. The predicted molar refractivity (Wildman–Crippen MR) is 76.7 cm³/mol. The van der Waals surface area contributed by atoms with E-state index in [0.717, 1.165) is 11.4 Å². The molecular formula is C12H13ClN4OS. The summed E-state index contributed by atoms with van der Waals surface area (Å²) in [6.45, 7) is 3.13. The van der Waals surface area contributed by atoms with Crippen molar-refractivity contribution in [2.75, 3.05) is 11.9 Å². The topological polar surface area (TPSA) is 66.9 Å². The van der Waals surface area contributed by atoms with E-state index in [0.29, 0.717) is 22.9 Å². The summed E-state index contributed by atoms with van der Waals surface area (Å²) in [5, 5.41) is 6.18. The fraction of sp³-hybridized carbons (Fsp3) is 0.250. The van der Waals surface area contributed by atoms with Gasteiger partial charge in [0.15, 0.2) is 0 Å². The second kappa shape index (κ2) is 6.49. The molecule has 2 heterocycles. The van der Waals surface area contributed by atoms with E-state index in [9.17, 15) is 4.79 Å². The average Bonchev–Trinajstić information content (AvgIpc) is 2.92. The minimum absolute atomic E-state index is 0.222. The lowest BCUT2D eigenvalue weighted by atomic mass is 10.2. The maximum Gasteiger partial charge on any atom is 0.253 e. The molecule has 2 aromatic heterocycles. The van der Waals surface area contributed by atoms with Crippen molar-refractivity contribution < 1.29 is 4.79 Å². The normalized spacial score (nSPS) is 10.2. The van der Waals surface area contributed by atoms with Crippen molar-refractivity contribution in [3.8, 4) is 0 Å². The van der Waals surface area contributed by atoms with Crippen LogP contribution < -0.4 is 10.6 Å². The van der Waals surface area contributed by atoms with Gasteiger partial charge in [-0.15, -0.1) is 11.3 Å². The minimum Gasteiger partial charge on any atom is -0.370 e. The number of pyridine rings is 1. The monoisotopic (exact) mass is 296 g/mol. The zero-order valence-corrected chi connectivity index (χ0v) is 11.9. The van der Waals surface area contributed by atoms with Crippen LogP contribution in [0.2, 0.25) is 5.02 Å².